The molecule has 0 amide bonds. The van der Waals surface area contributed by atoms with Crippen LogP contribution in [0.5, 0.6) is 5.88 Å². The fraction of sp³-hybridized carbons (Fsp3) is 0.167. The molecule has 0 spiro atoms. The lowest BCUT2D eigenvalue weighted by molar-refractivity contribution is 0.0647. The van der Waals surface area contributed by atoms with Gasteiger partial charge in [0.25, 0.3) is 11.6 Å². The van der Waals surface area contributed by atoms with Gasteiger partial charge in [0.15, 0.2) is 0 Å². The molecule has 0 aliphatic rings. The summed E-state index contributed by atoms with van der Waals surface area (Å²) >= 11 is 1.23. The Labute approximate surface area is 108 Å². The van der Waals surface area contributed by atoms with Crippen molar-refractivity contribution in [2.45, 2.75) is 11.5 Å². The van der Waals surface area contributed by atoms with Crippen LogP contribution in [0, 0.1) is 0 Å². The average Bonchev–Trinajstić information content (AvgIpc) is 2.80. The van der Waals surface area contributed by atoms with E-state index in [9.17, 15) is 4.79 Å². The fourth-order valence-electron chi connectivity index (χ4n) is 1.40. The molecule has 18 heavy (non-hydrogen) atoms. The number of aromatic carboxylic acids is 1. The normalized spacial score (nSPS) is 10.3. The van der Waals surface area contributed by atoms with Crippen LogP contribution in [0.25, 0.3) is 0 Å². The van der Waals surface area contributed by atoms with Gasteiger partial charge in [-0.05, 0) is 17.0 Å². The van der Waals surface area contributed by atoms with Crippen LogP contribution in [0.1, 0.15) is 16.1 Å². The second-order valence-electron chi connectivity index (χ2n) is 3.43. The van der Waals surface area contributed by atoms with Crippen LogP contribution < -0.4 is 4.74 Å². The maximum atomic E-state index is 10.9. The lowest BCUT2D eigenvalue weighted by Gasteiger charge is -2.03. The van der Waals surface area contributed by atoms with Crippen molar-refractivity contribution >= 4 is 17.7 Å². The summed E-state index contributed by atoms with van der Waals surface area (Å²) in [5.41, 5.74) is 0.976. The van der Waals surface area contributed by atoms with Gasteiger partial charge in [0.05, 0.1) is 0 Å². The number of rotatable bonds is 5. The third kappa shape index (κ3) is 2.65. The van der Waals surface area contributed by atoms with Gasteiger partial charge in [0.1, 0.15) is 11.5 Å². The van der Waals surface area contributed by atoms with Gasteiger partial charge in [-0.3, -0.25) is 0 Å². The summed E-state index contributed by atoms with van der Waals surface area (Å²) in [6.45, 7) is 0.319. The Kier molecular flexibility index (Phi) is 3.88. The molecule has 0 aliphatic carbocycles. The standard InChI is InChI=1S/C12H11NO4S/c1-18-10-9(12(14)15)17-13-11(10)16-7-8-5-3-2-4-6-8/h2-6H,7H2,1H3,(H,14,15). The van der Waals surface area contributed by atoms with Crippen molar-refractivity contribution in [3.8, 4) is 5.88 Å². The third-order valence-corrected chi connectivity index (χ3v) is 3.01. The minimum Gasteiger partial charge on any atom is -0.475 e. The van der Waals surface area contributed by atoms with Crippen molar-refractivity contribution in [3.05, 3.63) is 41.7 Å². The highest BCUT2D eigenvalue weighted by molar-refractivity contribution is 7.98. The van der Waals surface area contributed by atoms with E-state index >= 15 is 0 Å². The first-order valence-corrected chi connectivity index (χ1v) is 6.38. The second kappa shape index (κ2) is 5.59. The van der Waals surface area contributed by atoms with Crippen LogP contribution in [0.2, 0.25) is 0 Å². The molecule has 0 fully saturated rings. The van der Waals surface area contributed by atoms with Crippen molar-refractivity contribution in [2.24, 2.45) is 0 Å². The van der Waals surface area contributed by atoms with E-state index in [2.05, 4.69) is 5.16 Å². The number of nitrogens with zero attached hydrogens (tertiary/aromatic N) is 1. The quantitative estimate of drug-likeness (QED) is 0.838. The highest BCUT2D eigenvalue weighted by atomic mass is 32.2. The Balaban J connectivity index is 2.12. The topological polar surface area (TPSA) is 72.6 Å². The largest absolute Gasteiger partial charge is 0.475 e. The van der Waals surface area contributed by atoms with Gasteiger partial charge in [-0.1, -0.05) is 30.3 Å². The number of aromatic nitrogens is 1. The van der Waals surface area contributed by atoms with Crippen LogP contribution in [0.15, 0.2) is 39.8 Å². The Morgan fingerprint density at radius 3 is 2.78 bits per heavy atom. The molecule has 94 valence electrons. The number of carboxylic acid groups (broad SMARTS) is 1. The predicted octanol–water partition coefficient (Wildman–Crippen LogP) is 2.67. The molecule has 0 saturated heterocycles. The zero-order valence-corrected chi connectivity index (χ0v) is 10.4. The zero-order chi connectivity index (χ0) is 13.0. The number of hydrogen-bond acceptors (Lipinski definition) is 5. The molecule has 1 heterocycles. The lowest BCUT2D eigenvalue weighted by Crippen LogP contribution is -1.98. The Bertz CT molecular complexity index is 538. The van der Waals surface area contributed by atoms with Gasteiger partial charge in [0.2, 0.25) is 0 Å². The summed E-state index contributed by atoms with van der Waals surface area (Å²) in [6, 6.07) is 9.54. The summed E-state index contributed by atoms with van der Waals surface area (Å²) in [6.07, 6.45) is 1.74. The molecule has 1 N–H and O–H groups in total. The molecule has 0 atom stereocenters. The minimum atomic E-state index is -1.15. The van der Waals surface area contributed by atoms with E-state index in [1.54, 1.807) is 6.26 Å². The molecule has 1 aromatic heterocycles. The van der Waals surface area contributed by atoms with E-state index in [4.69, 9.17) is 14.4 Å². The number of benzene rings is 1. The van der Waals surface area contributed by atoms with Crippen LogP contribution in [-0.4, -0.2) is 22.5 Å². The van der Waals surface area contributed by atoms with Crippen LogP contribution in [-0.2, 0) is 6.61 Å². The Morgan fingerprint density at radius 1 is 1.44 bits per heavy atom. The van der Waals surface area contributed by atoms with Crippen LogP contribution in [0.3, 0.4) is 0 Å². The molecule has 6 heteroatoms. The van der Waals surface area contributed by atoms with E-state index in [0.717, 1.165) is 5.56 Å². The molecule has 0 saturated carbocycles. The highest BCUT2D eigenvalue weighted by Gasteiger charge is 2.22. The third-order valence-electron chi connectivity index (χ3n) is 2.24. The first-order chi connectivity index (χ1) is 8.72. The monoisotopic (exact) mass is 265 g/mol. The molecule has 0 aliphatic heterocycles. The number of carbonyl (C=O) groups is 1. The van der Waals surface area contributed by atoms with Crippen molar-refractivity contribution in [1.29, 1.82) is 0 Å². The van der Waals surface area contributed by atoms with Gasteiger partial charge in [0, 0.05) is 0 Å². The number of thioether (sulfide) groups is 1. The molecular formula is C12H11NO4S. The summed E-state index contributed by atoms with van der Waals surface area (Å²) in [5.74, 6) is -1.13. The molecule has 0 radical (unpaired) electrons. The lowest BCUT2D eigenvalue weighted by atomic mass is 10.2. The van der Waals surface area contributed by atoms with Gasteiger partial charge in [-0.15, -0.1) is 11.8 Å². The Hall–Kier alpha value is -1.95. The molecule has 1 aromatic carbocycles. The number of carboxylic acids is 1. The molecule has 2 rings (SSSR count). The van der Waals surface area contributed by atoms with Crippen LogP contribution in [0.4, 0.5) is 0 Å². The van der Waals surface area contributed by atoms with E-state index in [1.165, 1.54) is 11.8 Å². The molecule has 5 nitrogen and oxygen atoms in total. The molecule has 0 unspecified atom stereocenters. The van der Waals surface area contributed by atoms with Crippen molar-refractivity contribution in [3.63, 3.8) is 0 Å². The van der Waals surface area contributed by atoms with Crippen LogP contribution >= 0.6 is 11.8 Å². The molecular weight excluding hydrogens is 254 g/mol. The van der Waals surface area contributed by atoms with Gasteiger partial charge >= 0.3 is 5.97 Å². The second-order valence-corrected chi connectivity index (χ2v) is 4.25. The van der Waals surface area contributed by atoms with E-state index in [-0.39, 0.29) is 11.6 Å². The van der Waals surface area contributed by atoms with E-state index in [0.29, 0.717) is 11.5 Å². The first-order valence-electron chi connectivity index (χ1n) is 5.16. The molecule has 0 bridgehead atoms. The molecule has 2 aromatic rings. The number of ether oxygens (including phenoxy) is 1. The van der Waals surface area contributed by atoms with Gasteiger partial charge in [-0.25, -0.2) is 4.79 Å². The Morgan fingerprint density at radius 2 is 2.17 bits per heavy atom. The predicted molar refractivity (Wildman–Crippen MR) is 66.0 cm³/mol. The summed E-state index contributed by atoms with van der Waals surface area (Å²) < 4.78 is 10.2. The van der Waals surface area contributed by atoms with Crippen molar-refractivity contribution in [1.82, 2.24) is 5.16 Å². The smallest absolute Gasteiger partial charge is 0.376 e. The van der Waals surface area contributed by atoms with Gasteiger partial charge in [-0.2, -0.15) is 0 Å². The van der Waals surface area contributed by atoms with Crippen molar-refractivity contribution < 1.29 is 19.2 Å². The zero-order valence-electron chi connectivity index (χ0n) is 9.62. The maximum Gasteiger partial charge on any atom is 0.376 e. The SMILES string of the molecule is CSc1c(OCc2ccccc2)noc1C(=O)O. The maximum absolute atomic E-state index is 10.9. The summed E-state index contributed by atoms with van der Waals surface area (Å²) in [7, 11) is 0. The summed E-state index contributed by atoms with van der Waals surface area (Å²) in [5, 5.41) is 12.5. The number of hydrogen-bond donors (Lipinski definition) is 1. The van der Waals surface area contributed by atoms with E-state index in [1.807, 2.05) is 30.3 Å². The average molecular weight is 265 g/mol. The fourth-order valence-corrected chi connectivity index (χ4v) is 1.98. The highest BCUT2D eigenvalue weighted by Crippen LogP contribution is 2.31. The van der Waals surface area contributed by atoms with E-state index < -0.39 is 5.97 Å². The summed E-state index contributed by atoms with van der Waals surface area (Å²) in [4.78, 5) is 11.3. The minimum absolute atomic E-state index is 0.189. The van der Waals surface area contributed by atoms with Crippen molar-refractivity contribution in [2.75, 3.05) is 6.26 Å². The van der Waals surface area contributed by atoms with Gasteiger partial charge < -0.3 is 14.4 Å². The first kappa shape index (κ1) is 12.5.